The summed E-state index contributed by atoms with van der Waals surface area (Å²) in [4.78, 5) is 20.7. The van der Waals surface area contributed by atoms with Gasteiger partial charge >= 0.3 is 0 Å². The van der Waals surface area contributed by atoms with Crippen LogP contribution in [0.15, 0.2) is 47.0 Å². The zero-order valence-electron chi connectivity index (χ0n) is 13.4. The van der Waals surface area contributed by atoms with Gasteiger partial charge in [0.05, 0.1) is 16.8 Å². The Kier molecular flexibility index (Phi) is 4.18. The molecule has 0 spiro atoms. The van der Waals surface area contributed by atoms with Gasteiger partial charge in [0.15, 0.2) is 11.5 Å². The van der Waals surface area contributed by atoms with Gasteiger partial charge in [0.25, 0.3) is 5.91 Å². The van der Waals surface area contributed by atoms with Crippen LogP contribution < -0.4 is 5.32 Å². The monoisotopic (exact) mass is 387 g/mol. The van der Waals surface area contributed by atoms with Crippen molar-refractivity contribution in [2.75, 3.05) is 5.32 Å². The van der Waals surface area contributed by atoms with Gasteiger partial charge in [-0.3, -0.25) is 4.79 Å². The summed E-state index contributed by atoms with van der Waals surface area (Å²) in [7, 11) is 0. The molecule has 0 saturated carbocycles. The van der Waals surface area contributed by atoms with Crippen LogP contribution in [0.5, 0.6) is 0 Å². The number of oxazole rings is 1. The van der Waals surface area contributed by atoms with E-state index in [1.807, 2.05) is 0 Å². The minimum absolute atomic E-state index is 0.0287. The molecule has 2 aromatic heterocycles. The molecule has 2 heterocycles. The average molecular weight is 388 g/mol. The number of thiazole rings is 1. The average Bonchev–Trinajstić information content (AvgIpc) is 3.19. The Morgan fingerprint density at radius 1 is 1.31 bits per heavy atom. The number of hydrogen-bond acceptors (Lipinski definition) is 5. The van der Waals surface area contributed by atoms with Crippen LogP contribution in [0.3, 0.4) is 0 Å². The van der Waals surface area contributed by atoms with Gasteiger partial charge in [-0.2, -0.15) is 0 Å². The molecule has 1 amide bonds. The van der Waals surface area contributed by atoms with Gasteiger partial charge in [-0.25, -0.2) is 14.4 Å². The predicted molar refractivity (Wildman–Crippen MR) is 99.2 cm³/mol. The highest BCUT2D eigenvalue weighted by Crippen LogP contribution is 2.36. The van der Waals surface area contributed by atoms with Crippen LogP contribution in [0.1, 0.15) is 16.2 Å². The smallest absolute Gasteiger partial charge is 0.259 e. The third kappa shape index (κ3) is 3.07. The number of nitrogens with zero attached hydrogens (tertiary/aromatic N) is 2. The molecule has 130 valence electrons. The van der Waals surface area contributed by atoms with Gasteiger partial charge in [-0.05, 0) is 24.3 Å². The lowest BCUT2D eigenvalue weighted by atomic mass is 10.2. The molecule has 0 aliphatic rings. The molecule has 0 fully saturated rings. The quantitative estimate of drug-likeness (QED) is 0.517. The zero-order valence-corrected chi connectivity index (χ0v) is 15.0. The van der Waals surface area contributed by atoms with E-state index in [2.05, 4.69) is 15.3 Å². The first-order valence-corrected chi connectivity index (χ1v) is 8.79. The zero-order chi connectivity index (χ0) is 18.3. The lowest BCUT2D eigenvalue weighted by molar-refractivity contribution is 0.102. The number of carbonyl (C=O) groups excluding carboxylic acids is 1. The van der Waals surface area contributed by atoms with Crippen molar-refractivity contribution in [1.29, 1.82) is 0 Å². The molecule has 0 saturated heterocycles. The maximum absolute atomic E-state index is 13.7. The lowest BCUT2D eigenvalue weighted by Gasteiger charge is -2.03. The van der Waals surface area contributed by atoms with E-state index in [-0.39, 0.29) is 5.56 Å². The number of halogens is 2. The minimum atomic E-state index is -0.580. The van der Waals surface area contributed by atoms with Crippen molar-refractivity contribution in [2.24, 2.45) is 0 Å². The van der Waals surface area contributed by atoms with E-state index >= 15 is 0 Å². The van der Waals surface area contributed by atoms with Crippen LogP contribution in [0.2, 0.25) is 5.02 Å². The van der Waals surface area contributed by atoms with Crippen LogP contribution in [0, 0.1) is 12.7 Å². The van der Waals surface area contributed by atoms with Crippen LogP contribution >= 0.6 is 22.9 Å². The number of hydrogen-bond donors (Lipinski definition) is 1. The maximum atomic E-state index is 13.7. The highest BCUT2D eigenvalue weighted by atomic mass is 35.5. The number of anilines is 1. The largest absolute Gasteiger partial charge is 0.441 e. The van der Waals surface area contributed by atoms with Gasteiger partial charge in [-0.15, -0.1) is 0 Å². The Hall–Kier alpha value is -2.77. The van der Waals surface area contributed by atoms with E-state index in [9.17, 15) is 9.18 Å². The van der Waals surface area contributed by atoms with E-state index in [0.29, 0.717) is 37.6 Å². The van der Waals surface area contributed by atoms with Gasteiger partial charge < -0.3 is 9.73 Å². The number of aromatic nitrogens is 2. The summed E-state index contributed by atoms with van der Waals surface area (Å²) < 4.78 is 19.2. The second-order valence-electron chi connectivity index (χ2n) is 5.50. The molecule has 2 aromatic carbocycles. The van der Waals surface area contributed by atoms with E-state index in [0.717, 1.165) is 0 Å². The molecule has 0 bridgehead atoms. The van der Waals surface area contributed by atoms with Crippen molar-refractivity contribution in [3.05, 3.63) is 64.9 Å². The summed E-state index contributed by atoms with van der Waals surface area (Å²) in [6.07, 6.45) is 1.50. The molecular weight excluding hydrogens is 377 g/mol. The van der Waals surface area contributed by atoms with Crippen LogP contribution in [0.4, 0.5) is 9.39 Å². The highest BCUT2D eigenvalue weighted by Gasteiger charge is 2.16. The van der Waals surface area contributed by atoms with Gasteiger partial charge in [0.1, 0.15) is 21.3 Å². The van der Waals surface area contributed by atoms with Gasteiger partial charge in [0, 0.05) is 12.5 Å². The van der Waals surface area contributed by atoms with E-state index in [1.165, 1.54) is 35.7 Å². The summed E-state index contributed by atoms with van der Waals surface area (Å²) in [5.41, 5.74) is 1.92. The summed E-state index contributed by atoms with van der Waals surface area (Å²) in [5, 5.41) is 4.22. The molecule has 5 nitrogen and oxygen atoms in total. The number of rotatable bonds is 3. The Labute approximate surface area is 156 Å². The van der Waals surface area contributed by atoms with Crippen molar-refractivity contribution in [3.63, 3.8) is 0 Å². The molecule has 0 atom stereocenters. The number of aryl methyl sites for hydroxylation is 1. The van der Waals surface area contributed by atoms with Crippen molar-refractivity contribution in [3.8, 4) is 10.6 Å². The first-order valence-electron chi connectivity index (χ1n) is 7.60. The van der Waals surface area contributed by atoms with Crippen molar-refractivity contribution >= 4 is 44.9 Å². The summed E-state index contributed by atoms with van der Waals surface area (Å²) >= 11 is 7.56. The lowest BCUT2D eigenvalue weighted by Crippen LogP contribution is -2.12. The normalized spacial score (nSPS) is 11.0. The number of fused-ring (bicyclic) bond motifs is 1. The summed E-state index contributed by atoms with van der Waals surface area (Å²) in [6, 6.07) is 9.26. The molecule has 0 radical (unpaired) electrons. The second-order valence-corrected chi connectivity index (χ2v) is 6.93. The third-order valence-corrected chi connectivity index (χ3v) is 4.93. The van der Waals surface area contributed by atoms with Crippen molar-refractivity contribution in [2.45, 2.75) is 6.92 Å². The maximum Gasteiger partial charge on any atom is 0.259 e. The van der Waals surface area contributed by atoms with Gasteiger partial charge in [0.2, 0.25) is 0 Å². The summed E-state index contributed by atoms with van der Waals surface area (Å²) in [5.74, 6) is -0.570. The first kappa shape index (κ1) is 16.7. The standard InChI is InChI=1S/C18H11ClFN3O2S/c1-9-22-14-7-12(19)11(6-15(14)25-9)18-21-8-16(26-18)23-17(24)10-4-2-3-5-13(10)20/h2-8H,1H3,(H,23,24). The number of carbonyl (C=O) groups is 1. The number of nitrogens with one attached hydrogen (secondary N) is 1. The molecule has 0 aliphatic carbocycles. The summed E-state index contributed by atoms with van der Waals surface area (Å²) in [6.45, 7) is 1.76. The van der Waals surface area contributed by atoms with Gasteiger partial charge in [-0.1, -0.05) is 35.1 Å². The third-order valence-electron chi connectivity index (χ3n) is 3.68. The fourth-order valence-corrected chi connectivity index (χ4v) is 3.65. The fourth-order valence-electron chi connectivity index (χ4n) is 2.51. The predicted octanol–water partition coefficient (Wildman–Crippen LogP) is 5.30. The molecule has 0 unspecified atom stereocenters. The molecule has 4 aromatic rings. The van der Waals surface area contributed by atoms with Crippen molar-refractivity contribution in [1.82, 2.24) is 9.97 Å². The first-order chi connectivity index (χ1) is 12.5. The van der Waals surface area contributed by atoms with E-state index in [1.54, 1.807) is 25.1 Å². The Morgan fingerprint density at radius 3 is 2.92 bits per heavy atom. The molecule has 4 rings (SSSR count). The second kappa shape index (κ2) is 6.51. The van der Waals surface area contributed by atoms with Crippen molar-refractivity contribution < 1.29 is 13.6 Å². The number of benzene rings is 2. The number of amides is 1. The van der Waals surface area contributed by atoms with Crippen LogP contribution in [0.25, 0.3) is 21.7 Å². The Morgan fingerprint density at radius 2 is 2.12 bits per heavy atom. The highest BCUT2D eigenvalue weighted by molar-refractivity contribution is 7.19. The Bertz CT molecular complexity index is 1140. The molecular formula is C18H11ClFN3O2S. The van der Waals surface area contributed by atoms with E-state index < -0.39 is 11.7 Å². The fraction of sp³-hybridized carbons (Fsp3) is 0.0556. The molecule has 1 N–H and O–H groups in total. The van der Waals surface area contributed by atoms with Crippen LogP contribution in [-0.2, 0) is 0 Å². The SMILES string of the molecule is Cc1nc2cc(Cl)c(-c3ncc(NC(=O)c4ccccc4F)s3)cc2o1. The molecule has 26 heavy (non-hydrogen) atoms. The molecule has 8 heteroatoms. The Balaban J connectivity index is 1.63. The van der Waals surface area contributed by atoms with Crippen LogP contribution in [-0.4, -0.2) is 15.9 Å². The topological polar surface area (TPSA) is 68.0 Å². The molecule has 0 aliphatic heterocycles. The minimum Gasteiger partial charge on any atom is -0.441 e. The van der Waals surface area contributed by atoms with E-state index in [4.69, 9.17) is 16.0 Å².